The minimum atomic E-state index is 0.0160. The number of nitrogens with zero attached hydrogens (tertiary/aromatic N) is 4. The molecule has 0 aliphatic heterocycles. The molecule has 0 saturated heterocycles. The second-order valence-electron chi connectivity index (χ2n) is 7.14. The van der Waals surface area contributed by atoms with Gasteiger partial charge in [0, 0.05) is 26.3 Å². The third-order valence-electron chi connectivity index (χ3n) is 5.23. The fourth-order valence-corrected chi connectivity index (χ4v) is 5.01. The van der Waals surface area contributed by atoms with E-state index in [-0.39, 0.29) is 11.6 Å². The molecule has 1 aliphatic carbocycles. The molecule has 0 aromatic carbocycles. The highest BCUT2D eigenvalue weighted by Gasteiger charge is 2.22. The highest BCUT2D eigenvalue weighted by molar-refractivity contribution is 7.25. The molecule has 136 valence electrons. The summed E-state index contributed by atoms with van der Waals surface area (Å²) in [7, 11) is 3.77. The first-order valence-corrected chi connectivity index (χ1v) is 9.88. The molecule has 1 fully saturated rings. The molecule has 0 atom stereocenters. The maximum atomic E-state index is 13.2. The van der Waals surface area contributed by atoms with Gasteiger partial charge in [-0.1, -0.05) is 25.7 Å². The highest BCUT2D eigenvalue weighted by atomic mass is 32.1. The smallest absolute Gasteiger partial charge is 0.271 e. The number of carbonyl (C=O) groups is 1. The van der Waals surface area contributed by atoms with Gasteiger partial charge in [-0.25, -0.2) is 9.97 Å². The van der Waals surface area contributed by atoms with Gasteiger partial charge in [-0.05, 0) is 12.8 Å². The van der Waals surface area contributed by atoms with Crippen LogP contribution in [0.15, 0.2) is 17.3 Å². The van der Waals surface area contributed by atoms with Crippen LogP contribution < -0.4 is 10.5 Å². The Morgan fingerprint density at radius 2 is 1.92 bits per heavy atom. The molecular weight excluding hydrogens is 348 g/mol. The second kappa shape index (κ2) is 6.79. The molecule has 1 saturated carbocycles. The van der Waals surface area contributed by atoms with Crippen molar-refractivity contribution in [3.63, 3.8) is 0 Å². The van der Waals surface area contributed by atoms with E-state index in [1.54, 1.807) is 12.5 Å². The largest absolute Gasteiger partial charge is 0.376 e. The number of aldehydes is 1. The fourth-order valence-electron chi connectivity index (χ4n) is 3.97. The van der Waals surface area contributed by atoms with Crippen LogP contribution in [0.5, 0.6) is 0 Å². The van der Waals surface area contributed by atoms with Gasteiger partial charge in [-0.15, -0.1) is 11.3 Å². The van der Waals surface area contributed by atoms with Gasteiger partial charge < -0.3 is 4.90 Å². The van der Waals surface area contributed by atoms with Crippen LogP contribution in [0.1, 0.15) is 54.9 Å². The Morgan fingerprint density at radius 1 is 1.19 bits per heavy atom. The van der Waals surface area contributed by atoms with Crippen LogP contribution in [0.25, 0.3) is 20.4 Å². The van der Waals surface area contributed by atoms with Crippen LogP contribution >= 0.6 is 11.3 Å². The predicted octanol–water partition coefficient (Wildman–Crippen LogP) is 3.78. The summed E-state index contributed by atoms with van der Waals surface area (Å²) < 4.78 is 2.45. The van der Waals surface area contributed by atoms with E-state index in [0.29, 0.717) is 15.8 Å². The van der Waals surface area contributed by atoms with Gasteiger partial charge in [-0.3, -0.25) is 14.2 Å². The Labute approximate surface area is 155 Å². The number of rotatable bonds is 3. The lowest BCUT2D eigenvalue weighted by Gasteiger charge is -2.17. The van der Waals surface area contributed by atoms with Gasteiger partial charge in [0.15, 0.2) is 6.29 Å². The van der Waals surface area contributed by atoms with E-state index in [4.69, 9.17) is 0 Å². The maximum absolute atomic E-state index is 13.2. The summed E-state index contributed by atoms with van der Waals surface area (Å²) in [5.41, 5.74) is 1.95. The quantitative estimate of drug-likeness (QED) is 0.518. The third-order valence-corrected chi connectivity index (χ3v) is 6.30. The average Bonchev–Trinajstić information content (AvgIpc) is 2.82. The van der Waals surface area contributed by atoms with Crippen LogP contribution in [0.2, 0.25) is 0 Å². The van der Waals surface area contributed by atoms with Crippen LogP contribution in [-0.4, -0.2) is 34.9 Å². The summed E-state index contributed by atoms with van der Waals surface area (Å²) >= 11 is 1.37. The molecule has 0 radical (unpaired) electrons. The van der Waals surface area contributed by atoms with E-state index in [2.05, 4.69) is 9.97 Å². The Hall–Kier alpha value is -2.28. The lowest BCUT2D eigenvalue weighted by atomic mass is 10.1. The summed E-state index contributed by atoms with van der Waals surface area (Å²) in [4.78, 5) is 36.3. The number of aromatic nitrogens is 3. The van der Waals surface area contributed by atoms with Crippen molar-refractivity contribution in [2.45, 2.75) is 44.6 Å². The van der Waals surface area contributed by atoms with Crippen LogP contribution in [0.3, 0.4) is 0 Å². The number of fused-ring (bicyclic) bond motifs is 3. The van der Waals surface area contributed by atoms with Crippen LogP contribution in [-0.2, 0) is 0 Å². The lowest BCUT2D eigenvalue weighted by Crippen LogP contribution is -2.24. The second-order valence-corrected chi connectivity index (χ2v) is 8.14. The predicted molar refractivity (Wildman–Crippen MR) is 106 cm³/mol. The third kappa shape index (κ3) is 2.70. The zero-order valence-electron chi connectivity index (χ0n) is 15.1. The van der Waals surface area contributed by atoms with E-state index in [9.17, 15) is 9.59 Å². The Balaban J connectivity index is 1.96. The van der Waals surface area contributed by atoms with E-state index in [0.717, 1.165) is 47.9 Å². The molecule has 26 heavy (non-hydrogen) atoms. The minimum absolute atomic E-state index is 0.0160. The Kier molecular flexibility index (Phi) is 4.48. The molecular formula is C19H22N4O2S. The Bertz CT molecular complexity index is 1030. The monoisotopic (exact) mass is 370 g/mol. The maximum Gasteiger partial charge on any atom is 0.271 e. The van der Waals surface area contributed by atoms with Gasteiger partial charge in [0.25, 0.3) is 5.56 Å². The molecule has 3 aromatic heterocycles. The van der Waals surface area contributed by atoms with Gasteiger partial charge in [0.2, 0.25) is 0 Å². The van der Waals surface area contributed by atoms with Crippen molar-refractivity contribution >= 4 is 43.7 Å². The molecule has 3 heterocycles. The van der Waals surface area contributed by atoms with E-state index in [1.807, 2.05) is 23.6 Å². The lowest BCUT2D eigenvalue weighted by molar-refractivity contribution is 0.112. The zero-order valence-corrected chi connectivity index (χ0v) is 15.9. The first kappa shape index (κ1) is 17.1. The molecule has 3 aromatic rings. The van der Waals surface area contributed by atoms with Crippen LogP contribution in [0, 0.1) is 0 Å². The van der Waals surface area contributed by atoms with Gasteiger partial charge >= 0.3 is 0 Å². The first-order valence-electron chi connectivity index (χ1n) is 9.06. The van der Waals surface area contributed by atoms with E-state index < -0.39 is 0 Å². The van der Waals surface area contributed by atoms with Crippen molar-refractivity contribution in [3.8, 4) is 0 Å². The summed E-state index contributed by atoms with van der Waals surface area (Å²) in [5, 5.41) is 0.796. The molecule has 0 bridgehead atoms. The summed E-state index contributed by atoms with van der Waals surface area (Å²) in [6, 6.07) is 0.235. The van der Waals surface area contributed by atoms with Gasteiger partial charge in [0.05, 0.1) is 28.5 Å². The van der Waals surface area contributed by atoms with Crippen molar-refractivity contribution in [2.75, 3.05) is 19.0 Å². The van der Waals surface area contributed by atoms with E-state index >= 15 is 0 Å². The number of carbonyl (C=O) groups excluding carboxylic acids is 1. The number of hydrogen-bond donors (Lipinski definition) is 0. The minimum Gasteiger partial charge on any atom is -0.376 e. The normalized spacial score (nSPS) is 16.1. The van der Waals surface area contributed by atoms with Crippen molar-refractivity contribution in [2.24, 2.45) is 0 Å². The highest BCUT2D eigenvalue weighted by Crippen LogP contribution is 2.37. The van der Waals surface area contributed by atoms with Crippen molar-refractivity contribution in [3.05, 3.63) is 28.4 Å². The SMILES string of the molecule is CN(C)c1c(C=O)cnc2sc3c(=O)n(C4CCCCCC4)cnc3c12. The number of hydrogen-bond acceptors (Lipinski definition) is 6. The summed E-state index contributed by atoms with van der Waals surface area (Å²) in [5.74, 6) is 0. The van der Waals surface area contributed by atoms with Crippen LogP contribution in [0.4, 0.5) is 5.69 Å². The van der Waals surface area contributed by atoms with E-state index in [1.165, 1.54) is 24.2 Å². The standard InChI is InChI=1S/C19H22N4O2S/c1-22(2)16-12(10-24)9-20-18-14(16)15-17(26-18)19(25)23(11-21-15)13-7-5-3-4-6-8-13/h9-11,13H,3-8H2,1-2H3. The molecule has 1 aliphatic rings. The molecule has 0 unspecified atom stereocenters. The first-order chi connectivity index (χ1) is 12.6. The zero-order chi connectivity index (χ0) is 18.3. The van der Waals surface area contributed by atoms with Gasteiger partial charge in [0.1, 0.15) is 9.53 Å². The number of thiophene rings is 1. The number of pyridine rings is 1. The molecule has 0 N–H and O–H groups in total. The molecule has 0 amide bonds. The van der Waals surface area contributed by atoms with Gasteiger partial charge in [-0.2, -0.15) is 0 Å². The van der Waals surface area contributed by atoms with Crippen molar-refractivity contribution in [1.82, 2.24) is 14.5 Å². The average molecular weight is 370 g/mol. The topological polar surface area (TPSA) is 68.1 Å². The Morgan fingerprint density at radius 3 is 2.58 bits per heavy atom. The number of anilines is 1. The fraction of sp³-hybridized carbons (Fsp3) is 0.474. The summed E-state index contributed by atoms with van der Waals surface area (Å²) in [6.45, 7) is 0. The molecule has 4 rings (SSSR count). The molecule has 7 heteroatoms. The molecule has 0 spiro atoms. The van der Waals surface area contributed by atoms with Crippen molar-refractivity contribution in [1.29, 1.82) is 0 Å². The summed E-state index contributed by atoms with van der Waals surface area (Å²) in [6.07, 6.45) is 11.0. The van der Waals surface area contributed by atoms with Crippen molar-refractivity contribution < 1.29 is 4.79 Å². The molecule has 6 nitrogen and oxygen atoms in total.